The smallest absolute Gasteiger partial charge is 0.214 e. The van der Waals surface area contributed by atoms with Crippen molar-refractivity contribution in [1.29, 1.82) is 0 Å². The number of nitrogens with two attached hydrogens (primary N) is 1. The molecule has 0 atom stereocenters. The number of hydrogen-bond acceptors (Lipinski definition) is 4. The molecule has 5 nitrogen and oxygen atoms in total. The highest BCUT2D eigenvalue weighted by Gasteiger charge is 2.20. The molecule has 1 fully saturated rings. The van der Waals surface area contributed by atoms with Gasteiger partial charge in [0.25, 0.3) is 0 Å². The zero-order chi connectivity index (χ0) is 13.7. The van der Waals surface area contributed by atoms with Gasteiger partial charge in [0.1, 0.15) is 12.4 Å². The van der Waals surface area contributed by atoms with Crippen molar-refractivity contribution in [2.45, 2.75) is 19.3 Å². The molecule has 3 N–H and O–H groups in total. The molecule has 0 unspecified atom stereocenters. The molecule has 0 bridgehead atoms. The Bertz CT molecular complexity index is 512. The van der Waals surface area contributed by atoms with Gasteiger partial charge in [-0.15, -0.1) is 0 Å². The van der Waals surface area contributed by atoms with Crippen LogP contribution in [0.25, 0.3) is 0 Å². The van der Waals surface area contributed by atoms with Crippen molar-refractivity contribution in [1.82, 2.24) is 4.72 Å². The first-order valence-electron chi connectivity index (χ1n) is 6.51. The molecular weight excluding hydrogens is 264 g/mol. The first-order valence-corrected chi connectivity index (χ1v) is 8.16. The lowest BCUT2D eigenvalue weighted by atomic mass is 9.86. The third-order valence-corrected chi connectivity index (χ3v) is 4.61. The van der Waals surface area contributed by atoms with E-state index in [1.165, 1.54) is 6.42 Å². The van der Waals surface area contributed by atoms with E-state index in [1.54, 1.807) is 24.3 Å². The standard InChI is InChI=1S/C13H20N2O3S/c14-12-5-2-6-13(9-12)18-7-8-19(16,17)15-10-11-3-1-4-11/h2,5-6,9,11,15H,1,3-4,7-8,10,14H2. The maximum atomic E-state index is 11.7. The summed E-state index contributed by atoms with van der Waals surface area (Å²) in [6.07, 6.45) is 3.47. The van der Waals surface area contributed by atoms with Crippen LogP contribution in [0.1, 0.15) is 19.3 Å². The maximum absolute atomic E-state index is 11.7. The summed E-state index contributed by atoms with van der Waals surface area (Å²) in [5.41, 5.74) is 6.21. The molecule has 0 saturated heterocycles. The van der Waals surface area contributed by atoms with Gasteiger partial charge in [-0.25, -0.2) is 13.1 Å². The van der Waals surface area contributed by atoms with Crippen molar-refractivity contribution in [3.05, 3.63) is 24.3 Å². The van der Waals surface area contributed by atoms with Crippen LogP contribution in [0.3, 0.4) is 0 Å². The number of nitrogen functional groups attached to an aromatic ring is 1. The van der Waals surface area contributed by atoms with E-state index in [4.69, 9.17) is 10.5 Å². The van der Waals surface area contributed by atoms with E-state index >= 15 is 0 Å². The highest BCUT2D eigenvalue weighted by molar-refractivity contribution is 7.89. The van der Waals surface area contributed by atoms with E-state index < -0.39 is 10.0 Å². The molecule has 1 saturated carbocycles. The Morgan fingerprint density at radius 3 is 2.79 bits per heavy atom. The quantitative estimate of drug-likeness (QED) is 0.741. The number of sulfonamides is 1. The molecule has 0 aliphatic heterocycles. The minimum Gasteiger partial charge on any atom is -0.492 e. The van der Waals surface area contributed by atoms with Crippen LogP contribution in [0.5, 0.6) is 5.75 Å². The second kappa shape index (κ2) is 6.25. The summed E-state index contributed by atoms with van der Waals surface area (Å²) in [7, 11) is -3.24. The van der Waals surface area contributed by atoms with Crippen molar-refractivity contribution in [2.75, 3.05) is 24.6 Å². The summed E-state index contributed by atoms with van der Waals surface area (Å²) in [5, 5.41) is 0. The molecule has 106 valence electrons. The Morgan fingerprint density at radius 2 is 2.16 bits per heavy atom. The zero-order valence-electron chi connectivity index (χ0n) is 10.8. The van der Waals surface area contributed by atoms with Crippen molar-refractivity contribution in [3.8, 4) is 5.75 Å². The van der Waals surface area contributed by atoms with Crippen molar-refractivity contribution >= 4 is 15.7 Å². The molecule has 2 rings (SSSR count). The second-order valence-corrected chi connectivity index (χ2v) is 6.81. The average Bonchev–Trinajstić information content (AvgIpc) is 2.26. The lowest BCUT2D eigenvalue weighted by Gasteiger charge is -2.25. The van der Waals surface area contributed by atoms with Crippen LogP contribution in [0.2, 0.25) is 0 Å². The lowest BCUT2D eigenvalue weighted by molar-refractivity contribution is 0.314. The van der Waals surface area contributed by atoms with E-state index in [0.29, 0.717) is 23.9 Å². The van der Waals surface area contributed by atoms with Gasteiger partial charge in [-0.3, -0.25) is 0 Å². The zero-order valence-corrected chi connectivity index (χ0v) is 11.7. The first-order chi connectivity index (χ1) is 9.05. The molecule has 1 aromatic rings. The number of hydrogen-bond donors (Lipinski definition) is 2. The second-order valence-electron chi connectivity index (χ2n) is 4.89. The Morgan fingerprint density at radius 1 is 1.37 bits per heavy atom. The SMILES string of the molecule is Nc1cccc(OCCS(=O)(=O)NCC2CCC2)c1. The van der Waals surface area contributed by atoms with E-state index in [0.717, 1.165) is 12.8 Å². The molecule has 0 heterocycles. The van der Waals surface area contributed by atoms with Crippen LogP contribution in [0.15, 0.2) is 24.3 Å². The lowest BCUT2D eigenvalue weighted by Crippen LogP contribution is -2.35. The number of ether oxygens (including phenoxy) is 1. The third kappa shape index (κ3) is 4.72. The molecule has 0 spiro atoms. The summed E-state index contributed by atoms with van der Waals surface area (Å²) in [5.74, 6) is 1.08. The summed E-state index contributed by atoms with van der Waals surface area (Å²) >= 11 is 0. The Hall–Kier alpha value is -1.27. The van der Waals surface area contributed by atoms with Crippen LogP contribution >= 0.6 is 0 Å². The Labute approximate surface area is 114 Å². The van der Waals surface area contributed by atoms with Gasteiger partial charge in [-0.2, -0.15) is 0 Å². The van der Waals surface area contributed by atoms with Gasteiger partial charge in [0.05, 0.1) is 5.75 Å². The molecular formula is C13H20N2O3S. The minimum absolute atomic E-state index is 0.0332. The normalized spacial score (nSPS) is 16.0. The van der Waals surface area contributed by atoms with Crippen molar-refractivity contribution in [3.63, 3.8) is 0 Å². The van der Waals surface area contributed by atoms with Crippen LogP contribution < -0.4 is 15.2 Å². The molecule has 0 amide bonds. The molecule has 6 heteroatoms. The van der Waals surface area contributed by atoms with E-state index in [1.807, 2.05) is 0 Å². The monoisotopic (exact) mass is 284 g/mol. The minimum atomic E-state index is -3.24. The van der Waals surface area contributed by atoms with Crippen molar-refractivity contribution in [2.24, 2.45) is 5.92 Å². The number of benzene rings is 1. The summed E-state index contributed by atoms with van der Waals surface area (Å²) < 4.78 is 31.4. The highest BCUT2D eigenvalue weighted by Crippen LogP contribution is 2.25. The first kappa shape index (κ1) is 14.1. The van der Waals surface area contributed by atoms with Crippen molar-refractivity contribution < 1.29 is 13.2 Å². The molecule has 0 aromatic heterocycles. The number of anilines is 1. The fourth-order valence-corrected chi connectivity index (χ4v) is 2.82. The van der Waals surface area contributed by atoms with Crippen LogP contribution in [0, 0.1) is 5.92 Å². The van der Waals surface area contributed by atoms with Crippen LogP contribution in [0.4, 0.5) is 5.69 Å². The molecule has 19 heavy (non-hydrogen) atoms. The maximum Gasteiger partial charge on any atom is 0.214 e. The van der Waals surface area contributed by atoms with Crippen LogP contribution in [-0.2, 0) is 10.0 Å². The number of nitrogens with one attached hydrogen (secondary N) is 1. The van der Waals surface area contributed by atoms with E-state index in [-0.39, 0.29) is 12.4 Å². The molecule has 0 radical (unpaired) electrons. The largest absolute Gasteiger partial charge is 0.492 e. The van der Waals surface area contributed by atoms with Gasteiger partial charge in [-0.1, -0.05) is 12.5 Å². The predicted octanol–water partition coefficient (Wildman–Crippen LogP) is 1.37. The van der Waals surface area contributed by atoms with Gasteiger partial charge in [0.15, 0.2) is 0 Å². The molecule has 1 aliphatic rings. The van der Waals surface area contributed by atoms with Gasteiger partial charge >= 0.3 is 0 Å². The van der Waals surface area contributed by atoms with Gasteiger partial charge in [0, 0.05) is 18.3 Å². The average molecular weight is 284 g/mol. The third-order valence-electron chi connectivity index (χ3n) is 3.30. The molecule has 1 aliphatic carbocycles. The Kier molecular flexibility index (Phi) is 4.66. The van der Waals surface area contributed by atoms with Gasteiger partial charge in [-0.05, 0) is 30.9 Å². The predicted molar refractivity (Wildman–Crippen MR) is 75.5 cm³/mol. The fourth-order valence-electron chi connectivity index (χ4n) is 1.89. The highest BCUT2D eigenvalue weighted by atomic mass is 32.2. The Balaban J connectivity index is 1.71. The van der Waals surface area contributed by atoms with E-state index in [9.17, 15) is 8.42 Å². The van der Waals surface area contributed by atoms with E-state index in [2.05, 4.69) is 4.72 Å². The summed E-state index contributed by atoms with van der Waals surface area (Å²) in [6.45, 7) is 0.685. The van der Waals surface area contributed by atoms with Gasteiger partial charge in [0.2, 0.25) is 10.0 Å². The van der Waals surface area contributed by atoms with Crippen LogP contribution in [-0.4, -0.2) is 27.3 Å². The van der Waals surface area contributed by atoms with Gasteiger partial charge < -0.3 is 10.5 Å². The summed E-state index contributed by atoms with van der Waals surface area (Å²) in [6, 6.07) is 6.96. The number of rotatable bonds is 7. The summed E-state index contributed by atoms with van der Waals surface area (Å²) in [4.78, 5) is 0. The topological polar surface area (TPSA) is 81.4 Å². The fraction of sp³-hybridized carbons (Fsp3) is 0.538. The molecule has 1 aromatic carbocycles.